The van der Waals surface area contributed by atoms with E-state index in [-0.39, 0.29) is 12.0 Å². The molecule has 3 aromatic carbocycles. The van der Waals surface area contributed by atoms with Crippen LogP contribution in [0.2, 0.25) is 0 Å². The maximum absolute atomic E-state index is 12.6. The summed E-state index contributed by atoms with van der Waals surface area (Å²) in [6.07, 6.45) is 5.28. The predicted molar refractivity (Wildman–Crippen MR) is 99.8 cm³/mol. The topological polar surface area (TPSA) is 39.4 Å². The molecule has 3 nitrogen and oxygen atoms in total. The molecule has 0 bridgehead atoms. The number of hydrogen-bond donors (Lipinski definition) is 0. The second kappa shape index (κ2) is 6.18. The molecule has 0 aliphatic carbocycles. The summed E-state index contributed by atoms with van der Waals surface area (Å²) < 4.78 is 11.7. The van der Waals surface area contributed by atoms with Crippen LogP contribution in [0.4, 0.5) is 0 Å². The number of fused-ring (bicyclic) bond motifs is 3. The minimum Gasteiger partial charge on any atom is -0.480 e. The quantitative estimate of drug-likeness (QED) is 0.407. The van der Waals surface area contributed by atoms with Crippen molar-refractivity contribution in [3.8, 4) is 29.4 Å². The molecule has 4 aromatic rings. The van der Waals surface area contributed by atoms with Crippen molar-refractivity contribution in [1.29, 1.82) is 0 Å². The van der Waals surface area contributed by atoms with Gasteiger partial charge in [0.15, 0.2) is 5.43 Å². The van der Waals surface area contributed by atoms with Crippen molar-refractivity contribution in [2.45, 2.75) is 0 Å². The van der Waals surface area contributed by atoms with Crippen molar-refractivity contribution < 1.29 is 9.15 Å². The van der Waals surface area contributed by atoms with E-state index < -0.39 is 0 Å². The third-order valence-electron chi connectivity index (χ3n) is 4.08. The fourth-order valence-electron chi connectivity index (χ4n) is 2.93. The molecule has 0 aliphatic rings. The zero-order valence-corrected chi connectivity index (χ0v) is 13.4. The lowest BCUT2D eigenvalue weighted by Gasteiger charge is -2.10. The summed E-state index contributed by atoms with van der Waals surface area (Å²) in [6, 6.07) is 20.4. The van der Waals surface area contributed by atoms with Crippen molar-refractivity contribution in [2.75, 3.05) is 6.61 Å². The highest BCUT2D eigenvalue weighted by atomic mass is 16.5. The van der Waals surface area contributed by atoms with Crippen LogP contribution in [0, 0.1) is 12.3 Å². The maximum Gasteiger partial charge on any atom is 0.193 e. The van der Waals surface area contributed by atoms with Gasteiger partial charge >= 0.3 is 0 Å². The number of hydrogen-bond acceptors (Lipinski definition) is 3. The summed E-state index contributed by atoms with van der Waals surface area (Å²) in [4.78, 5) is 12.6. The van der Waals surface area contributed by atoms with E-state index in [0.29, 0.717) is 28.0 Å². The normalized spacial score (nSPS) is 10.7. The summed E-state index contributed by atoms with van der Waals surface area (Å²) in [5, 5.41) is 2.48. The molecule has 0 N–H and O–H groups in total. The van der Waals surface area contributed by atoms with Crippen LogP contribution in [0.3, 0.4) is 0 Å². The molecule has 1 aromatic heterocycles. The molecule has 4 rings (SSSR count). The van der Waals surface area contributed by atoms with Crippen molar-refractivity contribution >= 4 is 21.7 Å². The molecular formula is C22H14O3. The second-order valence-corrected chi connectivity index (χ2v) is 5.63. The summed E-state index contributed by atoms with van der Waals surface area (Å²) in [7, 11) is 0. The van der Waals surface area contributed by atoms with E-state index in [1.54, 1.807) is 12.1 Å². The van der Waals surface area contributed by atoms with E-state index in [2.05, 4.69) is 5.92 Å². The molecule has 1 heterocycles. The van der Waals surface area contributed by atoms with Gasteiger partial charge in [0.05, 0.1) is 10.9 Å². The number of benzene rings is 3. The van der Waals surface area contributed by atoms with Gasteiger partial charge in [-0.2, -0.15) is 0 Å². The lowest BCUT2D eigenvalue weighted by atomic mass is 10.1. The summed E-state index contributed by atoms with van der Waals surface area (Å²) >= 11 is 0. The average Bonchev–Trinajstić information content (AvgIpc) is 2.66. The third kappa shape index (κ3) is 2.64. The Hall–Kier alpha value is -3.51. The predicted octanol–water partition coefficient (Wildman–Crippen LogP) is 4.63. The van der Waals surface area contributed by atoms with Gasteiger partial charge in [-0.25, -0.2) is 0 Å². The van der Waals surface area contributed by atoms with Crippen molar-refractivity contribution in [1.82, 2.24) is 0 Å². The van der Waals surface area contributed by atoms with Gasteiger partial charge in [-0.1, -0.05) is 48.4 Å². The van der Waals surface area contributed by atoms with Gasteiger partial charge in [-0.05, 0) is 23.6 Å². The van der Waals surface area contributed by atoms with Crippen LogP contribution >= 0.6 is 0 Å². The number of terminal acetylenes is 1. The minimum absolute atomic E-state index is 0.0891. The highest BCUT2D eigenvalue weighted by Crippen LogP contribution is 2.32. The highest BCUT2D eigenvalue weighted by Gasteiger charge is 2.13. The molecule has 0 radical (unpaired) electrons. The van der Waals surface area contributed by atoms with Gasteiger partial charge in [0, 0.05) is 11.5 Å². The molecule has 0 fully saturated rings. The van der Waals surface area contributed by atoms with Crippen LogP contribution in [-0.4, -0.2) is 6.61 Å². The Bertz CT molecular complexity index is 1180. The Morgan fingerprint density at radius 1 is 0.960 bits per heavy atom. The van der Waals surface area contributed by atoms with E-state index in [0.717, 1.165) is 10.8 Å². The number of rotatable bonds is 3. The number of para-hydroxylation sites is 1. The highest BCUT2D eigenvalue weighted by molar-refractivity contribution is 6.04. The van der Waals surface area contributed by atoms with Crippen LogP contribution < -0.4 is 10.2 Å². The SMILES string of the molecule is C#CCOc1ccccc1-c1cc(=O)c2ccc3ccccc3c2o1. The molecule has 0 saturated carbocycles. The van der Waals surface area contributed by atoms with Crippen molar-refractivity contribution in [3.05, 3.63) is 77.0 Å². The van der Waals surface area contributed by atoms with Gasteiger partial charge in [-0.3, -0.25) is 4.79 Å². The first-order chi connectivity index (χ1) is 12.3. The Kier molecular flexibility index (Phi) is 3.72. The van der Waals surface area contributed by atoms with Crippen molar-refractivity contribution in [3.63, 3.8) is 0 Å². The molecule has 0 atom stereocenters. The molecule has 0 aliphatic heterocycles. The maximum atomic E-state index is 12.6. The summed E-state index contributed by atoms with van der Waals surface area (Å²) in [5.41, 5.74) is 1.19. The smallest absolute Gasteiger partial charge is 0.193 e. The fourth-order valence-corrected chi connectivity index (χ4v) is 2.93. The van der Waals surface area contributed by atoms with Crippen LogP contribution in [-0.2, 0) is 0 Å². The molecular weight excluding hydrogens is 312 g/mol. The first kappa shape index (κ1) is 15.0. The monoisotopic (exact) mass is 326 g/mol. The first-order valence-electron chi connectivity index (χ1n) is 7.89. The Morgan fingerprint density at radius 3 is 2.64 bits per heavy atom. The van der Waals surface area contributed by atoms with Crippen LogP contribution in [0.1, 0.15) is 0 Å². The molecule has 3 heteroatoms. The van der Waals surface area contributed by atoms with Crippen LogP contribution in [0.15, 0.2) is 75.9 Å². The summed E-state index contributed by atoms with van der Waals surface area (Å²) in [5.74, 6) is 3.49. The Balaban J connectivity index is 2.00. The lowest BCUT2D eigenvalue weighted by molar-refractivity contribution is 0.371. The zero-order chi connectivity index (χ0) is 17.2. The second-order valence-electron chi connectivity index (χ2n) is 5.63. The third-order valence-corrected chi connectivity index (χ3v) is 4.08. The molecule has 0 saturated heterocycles. The fraction of sp³-hybridized carbons (Fsp3) is 0.0455. The van der Waals surface area contributed by atoms with Crippen LogP contribution in [0.5, 0.6) is 5.75 Å². The first-order valence-corrected chi connectivity index (χ1v) is 7.89. The van der Waals surface area contributed by atoms with Gasteiger partial charge in [0.25, 0.3) is 0 Å². The summed E-state index contributed by atoms with van der Waals surface area (Å²) in [6.45, 7) is 0.151. The van der Waals surface area contributed by atoms with E-state index in [4.69, 9.17) is 15.6 Å². The standard InChI is InChI=1S/C22H14O3/c1-2-13-24-20-10-6-5-9-18(20)21-14-19(23)17-12-11-15-7-3-4-8-16(15)22(17)25-21/h1,3-12,14H,13H2. The molecule has 0 spiro atoms. The largest absolute Gasteiger partial charge is 0.480 e. The molecule has 25 heavy (non-hydrogen) atoms. The average molecular weight is 326 g/mol. The van der Waals surface area contributed by atoms with E-state index in [1.807, 2.05) is 48.5 Å². The molecule has 0 amide bonds. The van der Waals surface area contributed by atoms with E-state index in [9.17, 15) is 4.79 Å². The van der Waals surface area contributed by atoms with E-state index >= 15 is 0 Å². The van der Waals surface area contributed by atoms with Crippen LogP contribution in [0.25, 0.3) is 33.1 Å². The molecule has 0 unspecified atom stereocenters. The van der Waals surface area contributed by atoms with Gasteiger partial charge in [0.1, 0.15) is 23.7 Å². The number of ether oxygens (including phenoxy) is 1. The Morgan fingerprint density at radius 2 is 1.76 bits per heavy atom. The molecule has 120 valence electrons. The van der Waals surface area contributed by atoms with Gasteiger partial charge in [-0.15, -0.1) is 6.42 Å². The van der Waals surface area contributed by atoms with Gasteiger partial charge < -0.3 is 9.15 Å². The minimum atomic E-state index is -0.0891. The van der Waals surface area contributed by atoms with E-state index in [1.165, 1.54) is 6.07 Å². The van der Waals surface area contributed by atoms with Gasteiger partial charge in [0.2, 0.25) is 0 Å². The zero-order valence-electron chi connectivity index (χ0n) is 13.4. The lowest BCUT2D eigenvalue weighted by Crippen LogP contribution is -2.02. The Labute approximate surface area is 144 Å². The van der Waals surface area contributed by atoms with Crippen molar-refractivity contribution in [2.24, 2.45) is 0 Å².